The monoisotopic (exact) mass is 457 g/mol. The highest BCUT2D eigenvalue weighted by molar-refractivity contribution is 9.10. The third-order valence-corrected chi connectivity index (χ3v) is 5.58. The number of carbonyl (C=O) groups excluding carboxylic acids is 2. The van der Waals surface area contributed by atoms with Gasteiger partial charge in [0.1, 0.15) is 5.75 Å². The summed E-state index contributed by atoms with van der Waals surface area (Å²) in [6, 6.07) is 12.8. The van der Waals surface area contributed by atoms with Gasteiger partial charge in [0.15, 0.2) is 11.7 Å². The molecule has 0 spiro atoms. The summed E-state index contributed by atoms with van der Waals surface area (Å²) >= 11 is 4.71. The first-order valence-corrected chi connectivity index (χ1v) is 10.3. The normalized spacial score (nSPS) is 13.1. The number of carbonyl (C=O) groups is 2. The quantitative estimate of drug-likeness (QED) is 0.622. The van der Waals surface area contributed by atoms with E-state index in [2.05, 4.69) is 26.2 Å². The van der Waals surface area contributed by atoms with Gasteiger partial charge < -0.3 is 9.64 Å². The second-order valence-electron chi connectivity index (χ2n) is 6.11. The molecule has 0 radical (unpaired) electrons. The molecular weight excluding hydrogens is 442 g/mol. The van der Waals surface area contributed by atoms with E-state index in [4.69, 9.17) is 4.74 Å². The number of rotatable bonds is 4. The summed E-state index contributed by atoms with van der Waals surface area (Å²) in [6.45, 7) is 2.56. The predicted molar refractivity (Wildman–Crippen MR) is 113 cm³/mol. The number of likely N-dealkylation sites (N-methyl/N-ethyl adjacent to an activating group) is 1. The lowest BCUT2D eigenvalue weighted by atomic mass is 10.1. The third kappa shape index (κ3) is 3.65. The van der Waals surface area contributed by atoms with Crippen molar-refractivity contribution in [1.29, 1.82) is 0 Å². The molecule has 0 unspecified atom stereocenters. The number of fused-ring (bicyclic) bond motifs is 1. The predicted octanol–water partition coefficient (Wildman–Crippen LogP) is 4.57. The minimum Gasteiger partial charge on any atom is -0.482 e. The molecule has 2 aromatic carbocycles. The van der Waals surface area contributed by atoms with Gasteiger partial charge in [-0.2, -0.15) is 0 Å². The average Bonchev–Trinajstić information content (AvgIpc) is 3.16. The minimum atomic E-state index is -0.219. The number of hydrogen-bond acceptors (Lipinski definition) is 5. The molecule has 3 aromatic rings. The number of nitrogens with one attached hydrogen (secondary N) is 1. The number of amides is 2. The van der Waals surface area contributed by atoms with Crippen molar-refractivity contribution < 1.29 is 14.3 Å². The van der Waals surface area contributed by atoms with Gasteiger partial charge in [-0.15, -0.1) is 11.3 Å². The summed E-state index contributed by atoms with van der Waals surface area (Å²) < 4.78 is 6.34. The van der Waals surface area contributed by atoms with E-state index in [1.54, 1.807) is 17.0 Å². The fourth-order valence-corrected chi connectivity index (χ4v) is 4.08. The third-order valence-electron chi connectivity index (χ3n) is 4.33. The van der Waals surface area contributed by atoms with E-state index in [1.807, 2.05) is 42.6 Å². The van der Waals surface area contributed by atoms with Crippen LogP contribution in [0.1, 0.15) is 17.3 Å². The van der Waals surface area contributed by atoms with Gasteiger partial charge in [0, 0.05) is 27.5 Å². The zero-order valence-electron chi connectivity index (χ0n) is 14.9. The molecule has 0 aliphatic carbocycles. The summed E-state index contributed by atoms with van der Waals surface area (Å²) in [5, 5.41) is 5.21. The van der Waals surface area contributed by atoms with Gasteiger partial charge in [0.2, 0.25) is 0 Å². The first-order chi connectivity index (χ1) is 13.5. The molecule has 6 nitrogen and oxygen atoms in total. The Kier molecular flexibility index (Phi) is 5.15. The standard InChI is InChI=1S/C20H16BrN3O3S/c1-2-24-16-9-12(6-7-17(16)27-10-18(24)25)15-11-28-20(22-15)23-19(26)13-4-3-5-14(21)8-13/h3-9,11H,2,10H2,1H3,(H,22,23,26). The molecule has 1 N–H and O–H groups in total. The number of hydrogen-bond donors (Lipinski definition) is 1. The van der Waals surface area contributed by atoms with Crippen LogP contribution >= 0.6 is 27.3 Å². The second-order valence-corrected chi connectivity index (χ2v) is 7.89. The molecule has 0 saturated carbocycles. The molecular formula is C20H16BrN3O3S. The fraction of sp³-hybridized carbons (Fsp3) is 0.150. The Hall–Kier alpha value is -2.71. The number of halogens is 1. The Morgan fingerprint density at radius 3 is 2.96 bits per heavy atom. The Bertz CT molecular complexity index is 1070. The van der Waals surface area contributed by atoms with Gasteiger partial charge in [0.25, 0.3) is 11.8 Å². The van der Waals surface area contributed by atoms with Crippen LogP contribution in [-0.2, 0) is 4.79 Å². The van der Waals surface area contributed by atoms with E-state index < -0.39 is 0 Å². The Morgan fingerprint density at radius 2 is 2.18 bits per heavy atom. The van der Waals surface area contributed by atoms with Crippen LogP contribution in [0.25, 0.3) is 11.3 Å². The molecule has 142 valence electrons. The summed E-state index contributed by atoms with van der Waals surface area (Å²) in [4.78, 5) is 30.7. The first kappa shape index (κ1) is 18.6. The molecule has 0 fully saturated rings. The van der Waals surface area contributed by atoms with Crippen molar-refractivity contribution in [2.24, 2.45) is 0 Å². The van der Waals surface area contributed by atoms with Gasteiger partial charge in [-0.25, -0.2) is 4.98 Å². The van der Waals surface area contributed by atoms with E-state index in [0.717, 1.165) is 21.4 Å². The first-order valence-electron chi connectivity index (χ1n) is 8.65. The molecule has 0 bridgehead atoms. The molecule has 1 aliphatic heterocycles. The maximum absolute atomic E-state index is 12.4. The maximum atomic E-state index is 12.4. The van der Waals surface area contributed by atoms with E-state index in [0.29, 0.717) is 23.0 Å². The number of thiazole rings is 1. The molecule has 2 amide bonds. The molecule has 8 heteroatoms. The van der Waals surface area contributed by atoms with E-state index in [-0.39, 0.29) is 18.4 Å². The molecule has 0 saturated heterocycles. The minimum absolute atomic E-state index is 0.0582. The number of anilines is 2. The van der Waals surface area contributed by atoms with Crippen LogP contribution in [0.15, 0.2) is 52.3 Å². The smallest absolute Gasteiger partial charge is 0.265 e. The highest BCUT2D eigenvalue weighted by Crippen LogP contribution is 2.36. The number of nitrogens with zero attached hydrogens (tertiary/aromatic N) is 2. The average molecular weight is 458 g/mol. The van der Waals surface area contributed by atoms with Crippen molar-refractivity contribution in [2.75, 3.05) is 23.4 Å². The van der Waals surface area contributed by atoms with Crippen molar-refractivity contribution in [2.45, 2.75) is 6.92 Å². The van der Waals surface area contributed by atoms with Crippen LogP contribution in [0.2, 0.25) is 0 Å². The number of benzene rings is 2. The van der Waals surface area contributed by atoms with Crippen LogP contribution in [0.5, 0.6) is 5.75 Å². The lowest BCUT2D eigenvalue weighted by molar-refractivity contribution is -0.121. The van der Waals surface area contributed by atoms with Gasteiger partial charge in [-0.05, 0) is 43.3 Å². The molecule has 1 aromatic heterocycles. The zero-order valence-corrected chi connectivity index (χ0v) is 17.3. The van der Waals surface area contributed by atoms with Crippen molar-refractivity contribution in [3.63, 3.8) is 0 Å². The van der Waals surface area contributed by atoms with Crippen LogP contribution in [0.4, 0.5) is 10.8 Å². The van der Waals surface area contributed by atoms with Crippen molar-refractivity contribution in [3.05, 3.63) is 57.9 Å². The van der Waals surface area contributed by atoms with Gasteiger partial charge >= 0.3 is 0 Å². The van der Waals surface area contributed by atoms with E-state index in [1.165, 1.54) is 11.3 Å². The van der Waals surface area contributed by atoms with E-state index >= 15 is 0 Å². The molecule has 4 rings (SSSR count). The molecule has 0 atom stereocenters. The Morgan fingerprint density at radius 1 is 1.32 bits per heavy atom. The van der Waals surface area contributed by atoms with Crippen LogP contribution in [0.3, 0.4) is 0 Å². The summed E-state index contributed by atoms with van der Waals surface area (Å²) in [6.07, 6.45) is 0. The van der Waals surface area contributed by atoms with Crippen LogP contribution in [0, 0.1) is 0 Å². The SMILES string of the molecule is CCN1C(=O)COc2ccc(-c3csc(NC(=O)c4cccc(Br)c4)n3)cc21. The van der Waals surface area contributed by atoms with Crippen molar-refractivity contribution >= 4 is 49.9 Å². The van der Waals surface area contributed by atoms with Crippen LogP contribution < -0.4 is 15.0 Å². The highest BCUT2D eigenvalue weighted by Gasteiger charge is 2.24. The second kappa shape index (κ2) is 7.73. The maximum Gasteiger partial charge on any atom is 0.265 e. The number of ether oxygens (including phenoxy) is 1. The lowest BCUT2D eigenvalue weighted by Crippen LogP contribution is -2.38. The lowest BCUT2D eigenvalue weighted by Gasteiger charge is -2.28. The Balaban J connectivity index is 1.57. The van der Waals surface area contributed by atoms with Crippen molar-refractivity contribution in [1.82, 2.24) is 4.98 Å². The fourth-order valence-electron chi connectivity index (χ4n) is 2.97. The largest absolute Gasteiger partial charge is 0.482 e. The topological polar surface area (TPSA) is 71.5 Å². The zero-order chi connectivity index (χ0) is 19.7. The molecule has 2 heterocycles. The van der Waals surface area contributed by atoms with Gasteiger partial charge in [-0.3, -0.25) is 14.9 Å². The highest BCUT2D eigenvalue weighted by atomic mass is 79.9. The van der Waals surface area contributed by atoms with Crippen LogP contribution in [-0.4, -0.2) is 29.9 Å². The molecule has 28 heavy (non-hydrogen) atoms. The van der Waals surface area contributed by atoms with Crippen molar-refractivity contribution in [3.8, 4) is 17.0 Å². The summed E-state index contributed by atoms with van der Waals surface area (Å²) in [5.74, 6) is 0.403. The summed E-state index contributed by atoms with van der Waals surface area (Å²) in [5.41, 5.74) is 2.87. The Labute approximate surface area is 174 Å². The van der Waals surface area contributed by atoms with Gasteiger partial charge in [-0.1, -0.05) is 22.0 Å². The summed E-state index contributed by atoms with van der Waals surface area (Å²) in [7, 11) is 0. The number of aromatic nitrogens is 1. The van der Waals surface area contributed by atoms with E-state index in [9.17, 15) is 9.59 Å². The molecule has 1 aliphatic rings. The van der Waals surface area contributed by atoms with Gasteiger partial charge in [0.05, 0.1) is 11.4 Å².